The second-order valence-corrected chi connectivity index (χ2v) is 5.90. The van der Waals surface area contributed by atoms with Crippen molar-refractivity contribution in [2.75, 3.05) is 6.54 Å². The van der Waals surface area contributed by atoms with Gasteiger partial charge in [-0.15, -0.1) is 0 Å². The van der Waals surface area contributed by atoms with E-state index in [2.05, 4.69) is 33.0 Å². The van der Waals surface area contributed by atoms with E-state index >= 15 is 0 Å². The van der Waals surface area contributed by atoms with Crippen molar-refractivity contribution >= 4 is 0 Å². The molecule has 0 rings (SSSR count). The summed E-state index contributed by atoms with van der Waals surface area (Å²) in [6, 6.07) is 0.125. The summed E-state index contributed by atoms with van der Waals surface area (Å²) in [4.78, 5) is 0. The lowest BCUT2D eigenvalue weighted by Gasteiger charge is -2.34. The Morgan fingerprint density at radius 3 is 1.79 bits per heavy atom. The predicted octanol–water partition coefficient (Wildman–Crippen LogP) is 2.42. The summed E-state index contributed by atoms with van der Waals surface area (Å²) in [5.41, 5.74) is -0.368. The Morgan fingerprint density at radius 2 is 1.50 bits per heavy atom. The molecule has 0 aromatic heterocycles. The first-order chi connectivity index (χ1) is 6.07. The van der Waals surface area contributed by atoms with Crippen LogP contribution in [0.3, 0.4) is 0 Å². The molecule has 0 aromatic rings. The molecule has 2 heteroatoms. The molecule has 2 N–H and O–H groups in total. The number of nitrogens with one attached hydrogen (secondary N) is 1. The molecule has 0 amide bonds. The highest BCUT2D eigenvalue weighted by atomic mass is 16.3. The van der Waals surface area contributed by atoms with Crippen LogP contribution < -0.4 is 5.32 Å². The van der Waals surface area contributed by atoms with Crippen LogP contribution in [0.4, 0.5) is 0 Å². The molecule has 86 valence electrons. The van der Waals surface area contributed by atoms with Crippen LogP contribution in [0, 0.1) is 11.3 Å². The van der Waals surface area contributed by atoms with E-state index < -0.39 is 5.60 Å². The van der Waals surface area contributed by atoms with Crippen molar-refractivity contribution in [3.8, 4) is 0 Å². The average Bonchev–Trinajstić information content (AvgIpc) is 1.98. The van der Waals surface area contributed by atoms with Gasteiger partial charge in [-0.25, -0.2) is 0 Å². The minimum Gasteiger partial charge on any atom is -0.389 e. The van der Waals surface area contributed by atoms with Gasteiger partial charge in [-0.2, -0.15) is 0 Å². The number of hydrogen-bond acceptors (Lipinski definition) is 2. The molecule has 0 radical (unpaired) electrons. The fourth-order valence-electron chi connectivity index (χ4n) is 0.870. The van der Waals surface area contributed by atoms with Crippen molar-refractivity contribution in [2.24, 2.45) is 11.3 Å². The summed E-state index contributed by atoms with van der Waals surface area (Å²) in [6.45, 7) is 15.6. The lowest BCUT2D eigenvalue weighted by atomic mass is 9.81. The van der Waals surface area contributed by atoms with E-state index in [1.807, 2.05) is 20.8 Å². The van der Waals surface area contributed by atoms with Crippen LogP contribution in [-0.4, -0.2) is 23.3 Å². The van der Waals surface area contributed by atoms with Crippen LogP contribution in [0.5, 0.6) is 0 Å². The molecule has 0 aliphatic rings. The highest BCUT2D eigenvalue weighted by molar-refractivity contribution is 4.83. The average molecular weight is 201 g/mol. The number of hydrogen-bond donors (Lipinski definition) is 2. The van der Waals surface area contributed by atoms with E-state index in [1.165, 1.54) is 0 Å². The third-order valence-electron chi connectivity index (χ3n) is 3.49. The van der Waals surface area contributed by atoms with Crippen molar-refractivity contribution in [3.63, 3.8) is 0 Å². The van der Waals surface area contributed by atoms with Gasteiger partial charge in [-0.1, -0.05) is 27.7 Å². The van der Waals surface area contributed by atoms with Crippen LogP contribution in [0.15, 0.2) is 0 Å². The molecule has 0 spiro atoms. The SMILES string of the molecule is CC(NCC(C)(C)C(C)C)C(C)(C)O. The molecule has 0 aliphatic heterocycles. The third kappa shape index (κ3) is 4.43. The number of rotatable bonds is 5. The van der Waals surface area contributed by atoms with Crippen LogP contribution in [0.25, 0.3) is 0 Å². The standard InChI is InChI=1S/C12H27NO/c1-9(2)11(4,5)8-13-10(3)12(6,7)14/h9-10,13-14H,8H2,1-7H3. The largest absolute Gasteiger partial charge is 0.389 e. The Kier molecular flexibility index (Phi) is 4.60. The lowest BCUT2D eigenvalue weighted by molar-refractivity contribution is 0.0386. The molecule has 0 aliphatic carbocycles. The summed E-state index contributed by atoms with van der Waals surface area (Å²) in [5.74, 6) is 0.643. The summed E-state index contributed by atoms with van der Waals surface area (Å²) >= 11 is 0. The predicted molar refractivity (Wildman–Crippen MR) is 62.4 cm³/mol. The Bertz CT molecular complexity index is 168. The summed E-state index contributed by atoms with van der Waals surface area (Å²) < 4.78 is 0. The van der Waals surface area contributed by atoms with E-state index in [0.717, 1.165) is 6.54 Å². The molecular weight excluding hydrogens is 174 g/mol. The second kappa shape index (κ2) is 4.63. The molecular formula is C12H27NO. The summed E-state index contributed by atoms with van der Waals surface area (Å²) in [5, 5.41) is 13.2. The second-order valence-electron chi connectivity index (χ2n) is 5.90. The number of aliphatic hydroxyl groups is 1. The van der Waals surface area contributed by atoms with E-state index in [-0.39, 0.29) is 11.5 Å². The van der Waals surface area contributed by atoms with Gasteiger partial charge in [0.15, 0.2) is 0 Å². The Labute approximate surface area is 89.1 Å². The maximum atomic E-state index is 9.76. The zero-order chi connectivity index (χ0) is 11.6. The zero-order valence-corrected chi connectivity index (χ0v) is 10.8. The summed E-state index contributed by atoms with van der Waals surface area (Å²) in [7, 11) is 0. The Morgan fingerprint density at radius 1 is 1.07 bits per heavy atom. The Balaban J connectivity index is 4.07. The highest BCUT2D eigenvalue weighted by Gasteiger charge is 2.26. The van der Waals surface area contributed by atoms with Crippen LogP contribution in [-0.2, 0) is 0 Å². The minimum atomic E-state index is -0.646. The van der Waals surface area contributed by atoms with E-state index in [1.54, 1.807) is 0 Å². The first-order valence-corrected chi connectivity index (χ1v) is 5.53. The Hall–Kier alpha value is -0.0800. The van der Waals surface area contributed by atoms with E-state index in [0.29, 0.717) is 5.92 Å². The normalized spacial score (nSPS) is 16.1. The fourth-order valence-corrected chi connectivity index (χ4v) is 0.870. The van der Waals surface area contributed by atoms with Gasteiger partial charge in [-0.05, 0) is 32.1 Å². The third-order valence-corrected chi connectivity index (χ3v) is 3.49. The van der Waals surface area contributed by atoms with Crippen LogP contribution in [0.1, 0.15) is 48.5 Å². The lowest BCUT2D eigenvalue weighted by Crippen LogP contribution is -2.48. The van der Waals surface area contributed by atoms with Gasteiger partial charge in [0.25, 0.3) is 0 Å². The highest BCUT2D eigenvalue weighted by Crippen LogP contribution is 2.25. The van der Waals surface area contributed by atoms with Gasteiger partial charge in [0.2, 0.25) is 0 Å². The first-order valence-electron chi connectivity index (χ1n) is 5.53. The van der Waals surface area contributed by atoms with Crippen molar-refractivity contribution in [3.05, 3.63) is 0 Å². The van der Waals surface area contributed by atoms with Gasteiger partial charge >= 0.3 is 0 Å². The molecule has 1 atom stereocenters. The molecule has 0 fully saturated rings. The van der Waals surface area contributed by atoms with Gasteiger partial charge < -0.3 is 10.4 Å². The monoisotopic (exact) mass is 201 g/mol. The fraction of sp³-hybridized carbons (Fsp3) is 1.00. The minimum absolute atomic E-state index is 0.125. The molecule has 14 heavy (non-hydrogen) atoms. The van der Waals surface area contributed by atoms with E-state index in [9.17, 15) is 5.11 Å². The van der Waals surface area contributed by atoms with Crippen molar-refractivity contribution in [2.45, 2.75) is 60.1 Å². The summed E-state index contributed by atoms with van der Waals surface area (Å²) in [6.07, 6.45) is 0. The van der Waals surface area contributed by atoms with Crippen molar-refractivity contribution in [1.82, 2.24) is 5.32 Å². The molecule has 1 unspecified atom stereocenters. The molecule has 0 heterocycles. The van der Waals surface area contributed by atoms with Gasteiger partial charge in [0.05, 0.1) is 5.60 Å². The van der Waals surface area contributed by atoms with Gasteiger partial charge in [0, 0.05) is 12.6 Å². The first kappa shape index (κ1) is 13.9. The molecule has 0 saturated carbocycles. The zero-order valence-electron chi connectivity index (χ0n) is 10.8. The molecule has 0 bridgehead atoms. The van der Waals surface area contributed by atoms with Gasteiger partial charge in [-0.3, -0.25) is 0 Å². The maximum Gasteiger partial charge on any atom is 0.0741 e. The van der Waals surface area contributed by atoms with Crippen molar-refractivity contribution < 1.29 is 5.11 Å². The maximum absolute atomic E-state index is 9.76. The van der Waals surface area contributed by atoms with Crippen molar-refractivity contribution in [1.29, 1.82) is 0 Å². The smallest absolute Gasteiger partial charge is 0.0741 e. The topological polar surface area (TPSA) is 32.3 Å². The molecule has 0 aromatic carbocycles. The molecule has 2 nitrogen and oxygen atoms in total. The van der Waals surface area contributed by atoms with Crippen LogP contribution >= 0.6 is 0 Å². The van der Waals surface area contributed by atoms with E-state index in [4.69, 9.17) is 0 Å². The van der Waals surface area contributed by atoms with Crippen LogP contribution in [0.2, 0.25) is 0 Å². The quantitative estimate of drug-likeness (QED) is 0.716. The molecule has 0 saturated heterocycles. The van der Waals surface area contributed by atoms with Gasteiger partial charge in [0.1, 0.15) is 0 Å².